The van der Waals surface area contributed by atoms with E-state index in [-0.39, 0.29) is 0 Å². The number of halogens is 1. The molecule has 0 radical (unpaired) electrons. The van der Waals surface area contributed by atoms with Gasteiger partial charge in [-0.3, -0.25) is 4.99 Å². The summed E-state index contributed by atoms with van der Waals surface area (Å²) < 4.78 is 0.870. The van der Waals surface area contributed by atoms with E-state index >= 15 is 0 Å². The zero-order chi connectivity index (χ0) is 17.6. The zero-order valence-corrected chi connectivity index (χ0v) is 18.4. The number of hydrogen-bond acceptors (Lipinski definition) is 3. The van der Waals surface area contributed by atoms with Crippen LogP contribution in [0.2, 0.25) is 0 Å². The van der Waals surface area contributed by atoms with Crippen LogP contribution in [-0.4, -0.2) is 70.4 Å². The molecular weight excluding hydrogens is 419 g/mol. The van der Waals surface area contributed by atoms with E-state index in [2.05, 4.69) is 58.3 Å². The minimum atomic E-state index is 0.377. The minimum absolute atomic E-state index is 0.377. The SMILES string of the molecule is C/C(=N\[N+](N)=S)N(C)C.CI.CSC(C)N=C(C)N(C)C. The standard InChI is InChI=1S/C7H16N2S.C4H11N4S.CH3I/c1-6(9(3)4)8-7(2)10-5;1-4(7(2)3)6-8(5)9;1-2/h7H,1-5H3;1-3H3,(H2,5,9);1H3/q;+1;/b;6-4+;. The highest BCUT2D eigenvalue weighted by atomic mass is 127. The van der Waals surface area contributed by atoms with Crippen LogP contribution in [0.3, 0.4) is 0 Å². The Kier molecular flexibility index (Phi) is 19.9. The number of hydrogen-bond donors (Lipinski definition) is 1. The van der Waals surface area contributed by atoms with Crippen molar-refractivity contribution >= 4 is 58.4 Å². The number of hydrazone groups is 1. The van der Waals surface area contributed by atoms with Gasteiger partial charge in [-0.1, -0.05) is 22.6 Å². The quantitative estimate of drug-likeness (QED) is 0.136. The van der Waals surface area contributed by atoms with Crippen molar-refractivity contribution in [2.75, 3.05) is 39.4 Å². The largest absolute Gasteiger partial charge is 0.367 e. The first-order chi connectivity index (χ1) is 9.61. The van der Waals surface area contributed by atoms with Crippen molar-refractivity contribution < 1.29 is 4.16 Å². The Morgan fingerprint density at radius 3 is 1.71 bits per heavy atom. The van der Waals surface area contributed by atoms with Gasteiger partial charge in [0.25, 0.3) is 0 Å². The van der Waals surface area contributed by atoms with Crippen molar-refractivity contribution in [1.29, 1.82) is 0 Å². The molecule has 1 atom stereocenters. The first-order valence-electron chi connectivity index (χ1n) is 6.18. The molecule has 0 aliphatic carbocycles. The summed E-state index contributed by atoms with van der Waals surface area (Å²) in [6.07, 6.45) is 2.07. The lowest BCUT2D eigenvalue weighted by Gasteiger charge is -2.12. The van der Waals surface area contributed by atoms with Crippen LogP contribution in [0.5, 0.6) is 0 Å². The molecule has 9 heteroatoms. The van der Waals surface area contributed by atoms with E-state index < -0.39 is 0 Å². The fourth-order valence-electron chi connectivity index (χ4n) is 0.663. The molecule has 0 aromatic carbocycles. The number of hydrazine groups is 1. The number of nitrogens with two attached hydrogens (primary N) is 1. The number of thioether (sulfide) groups is 1. The third-order valence-corrected chi connectivity index (χ3v) is 3.12. The second-order valence-corrected chi connectivity index (χ2v) is 5.78. The maximum Gasteiger partial charge on any atom is 0.336 e. The monoisotopic (exact) mass is 449 g/mol. The Labute approximate surface area is 153 Å². The molecule has 0 fully saturated rings. The molecule has 126 valence electrons. The summed E-state index contributed by atoms with van der Waals surface area (Å²) in [5, 5.41) is 4.12. The topological polar surface area (TPSA) is 60.2 Å². The van der Waals surface area contributed by atoms with E-state index in [4.69, 9.17) is 5.84 Å². The first kappa shape index (κ1) is 25.8. The normalized spacial score (nSPS) is 12.3. The minimum Gasteiger partial charge on any atom is -0.367 e. The Balaban J connectivity index is -0.000000277. The van der Waals surface area contributed by atoms with Crippen molar-refractivity contribution in [3.05, 3.63) is 0 Å². The molecule has 0 aromatic rings. The average Bonchev–Trinajstić information content (AvgIpc) is 2.40. The van der Waals surface area contributed by atoms with Crippen molar-refractivity contribution in [2.24, 2.45) is 15.9 Å². The predicted molar refractivity (Wildman–Crippen MR) is 108 cm³/mol. The van der Waals surface area contributed by atoms with Gasteiger partial charge in [-0.25, -0.2) is 0 Å². The van der Waals surface area contributed by atoms with Crippen LogP contribution < -0.4 is 5.84 Å². The third kappa shape index (κ3) is 19.8. The molecule has 0 aliphatic heterocycles. The van der Waals surface area contributed by atoms with Crippen LogP contribution in [0.25, 0.3) is 0 Å². The van der Waals surface area contributed by atoms with Gasteiger partial charge in [0.15, 0.2) is 5.84 Å². The lowest BCUT2D eigenvalue weighted by molar-refractivity contribution is -0.515. The van der Waals surface area contributed by atoms with Gasteiger partial charge in [0.2, 0.25) is 0 Å². The van der Waals surface area contributed by atoms with Gasteiger partial charge in [0.05, 0.1) is 16.3 Å². The fraction of sp³-hybridized carbons (Fsp3) is 0.833. The molecule has 0 aliphatic rings. The predicted octanol–water partition coefficient (Wildman–Crippen LogP) is 2.22. The molecule has 0 rings (SSSR count). The summed E-state index contributed by atoms with van der Waals surface area (Å²) in [5.74, 6) is 6.93. The number of alkyl halides is 1. The second-order valence-electron chi connectivity index (χ2n) is 4.25. The Bertz CT molecular complexity index is 332. The number of aliphatic imine (C=N–C) groups is 1. The molecule has 0 aromatic heterocycles. The summed E-state index contributed by atoms with van der Waals surface area (Å²) in [5.41, 5.74) is 0. The average molecular weight is 449 g/mol. The number of rotatable bonds is 3. The summed E-state index contributed by atoms with van der Waals surface area (Å²) in [4.78, 5) is 10.2. The molecule has 6 nitrogen and oxygen atoms in total. The Morgan fingerprint density at radius 1 is 1.14 bits per heavy atom. The van der Waals surface area contributed by atoms with E-state index in [0.717, 1.165) is 15.8 Å². The molecule has 0 saturated carbocycles. The molecule has 0 heterocycles. The summed E-state index contributed by atoms with van der Waals surface area (Å²) in [6.45, 7) is 5.94. The van der Waals surface area contributed by atoms with Crippen LogP contribution in [-0.2, 0) is 12.4 Å². The lowest BCUT2D eigenvalue weighted by Crippen LogP contribution is -2.22. The molecular formula is C12H30IN6S2+. The highest BCUT2D eigenvalue weighted by Crippen LogP contribution is 2.06. The van der Waals surface area contributed by atoms with Gasteiger partial charge in [-0.05, 0) is 32.0 Å². The molecule has 21 heavy (non-hydrogen) atoms. The van der Waals surface area contributed by atoms with E-state index in [0.29, 0.717) is 5.37 Å². The summed E-state index contributed by atoms with van der Waals surface area (Å²) >= 11 is 8.38. The molecule has 1 unspecified atom stereocenters. The molecule has 0 spiro atoms. The molecule has 0 saturated heterocycles. The van der Waals surface area contributed by atoms with Gasteiger partial charge < -0.3 is 9.80 Å². The lowest BCUT2D eigenvalue weighted by atomic mass is 10.6. The van der Waals surface area contributed by atoms with Crippen molar-refractivity contribution in [3.63, 3.8) is 0 Å². The van der Waals surface area contributed by atoms with E-state index in [1.807, 2.05) is 56.8 Å². The van der Waals surface area contributed by atoms with Crippen LogP contribution in [0.4, 0.5) is 0 Å². The second kappa shape index (κ2) is 16.2. The van der Waals surface area contributed by atoms with Gasteiger partial charge in [-0.15, -0.1) is 11.8 Å². The van der Waals surface area contributed by atoms with Gasteiger partial charge in [-0.2, -0.15) is 5.84 Å². The Morgan fingerprint density at radius 2 is 1.52 bits per heavy atom. The third-order valence-electron chi connectivity index (χ3n) is 2.25. The van der Waals surface area contributed by atoms with Crippen LogP contribution in [0, 0.1) is 0 Å². The van der Waals surface area contributed by atoms with Crippen molar-refractivity contribution in [2.45, 2.75) is 26.1 Å². The van der Waals surface area contributed by atoms with E-state index in [1.165, 1.54) is 0 Å². The highest BCUT2D eigenvalue weighted by Gasteiger charge is 1.97. The Hall–Kier alpha value is -0.160. The van der Waals surface area contributed by atoms with Gasteiger partial charge >= 0.3 is 12.4 Å². The first-order valence-corrected chi connectivity index (χ1v) is 9.99. The van der Waals surface area contributed by atoms with Crippen LogP contribution >= 0.6 is 34.4 Å². The summed E-state index contributed by atoms with van der Waals surface area (Å²) in [7, 11) is 7.76. The smallest absolute Gasteiger partial charge is 0.336 e. The van der Waals surface area contributed by atoms with Gasteiger partial charge in [0, 0.05) is 28.2 Å². The maximum absolute atomic E-state index is 5.07. The fourth-order valence-corrected chi connectivity index (χ4v) is 1.04. The van der Waals surface area contributed by atoms with Crippen molar-refractivity contribution in [3.8, 4) is 0 Å². The van der Waals surface area contributed by atoms with Gasteiger partial charge in [0.1, 0.15) is 4.16 Å². The zero-order valence-electron chi connectivity index (χ0n) is 14.6. The van der Waals surface area contributed by atoms with Crippen LogP contribution in [0.15, 0.2) is 10.1 Å². The van der Waals surface area contributed by atoms with Crippen LogP contribution in [0.1, 0.15) is 20.8 Å². The number of amidine groups is 2. The highest BCUT2D eigenvalue weighted by molar-refractivity contribution is 14.1. The molecule has 2 N–H and O–H groups in total. The number of nitrogens with zero attached hydrogens (tertiary/aromatic N) is 5. The van der Waals surface area contributed by atoms with E-state index in [9.17, 15) is 0 Å². The summed E-state index contributed by atoms with van der Waals surface area (Å²) in [6, 6.07) is 0. The maximum atomic E-state index is 5.07. The van der Waals surface area contributed by atoms with Crippen molar-refractivity contribution in [1.82, 2.24) is 9.80 Å². The van der Waals surface area contributed by atoms with E-state index in [1.54, 1.807) is 11.8 Å². The molecule has 0 amide bonds. The molecule has 0 bridgehead atoms.